The lowest BCUT2D eigenvalue weighted by Gasteiger charge is -2.16. The fourth-order valence-corrected chi connectivity index (χ4v) is 4.51. The molecule has 6 nitrogen and oxygen atoms in total. The van der Waals surface area contributed by atoms with Crippen LogP contribution in [0, 0.1) is 5.92 Å². The number of H-pyrrole nitrogens is 2. The van der Waals surface area contributed by atoms with E-state index in [0.717, 1.165) is 56.1 Å². The average Bonchev–Trinajstić information content (AvgIpc) is 3.59. The Morgan fingerprint density at radius 3 is 2.82 bits per heavy atom. The molecular formula is C27H28N6. The summed E-state index contributed by atoms with van der Waals surface area (Å²) in [6.07, 6.45) is 12.7. The van der Waals surface area contributed by atoms with Gasteiger partial charge in [-0.15, -0.1) is 0 Å². The number of nitrogens with one attached hydrogen (secondary N) is 3. The van der Waals surface area contributed by atoms with E-state index in [1.807, 2.05) is 37.3 Å². The highest BCUT2D eigenvalue weighted by molar-refractivity contribution is 5.93. The quantitative estimate of drug-likeness (QED) is 0.298. The van der Waals surface area contributed by atoms with Crippen molar-refractivity contribution in [1.82, 2.24) is 30.5 Å². The molecule has 1 aliphatic rings. The Bertz CT molecular complexity index is 1360. The number of nitrogens with zero attached hydrogens (tertiary/aromatic N) is 3. The minimum atomic E-state index is 0.538. The molecule has 1 saturated carbocycles. The van der Waals surface area contributed by atoms with Crippen LogP contribution in [0.4, 0.5) is 0 Å². The first-order valence-corrected chi connectivity index (χ1v) is 11.4. The molecule has 1 aliphatic carbocycles. The number of pyridine rings is 2. The molecule has 0 spiro atoms. The summed E-state index contributed by atoms with van der Waals surface area (Å²) in [6.45, 7) is 10.3. The molecule has 0 bridgehead atoms. The molecule has 0 atom stereocenters. The van der Waals surface area contributed by atoms with Gasteiger partial charge in [-0.05, 0) is 73.7 Å². The molecular weight excluding hydrogens is 408 g/mol. The third-order valence-electron chi connectivity index (χ3n) is 6.35. The van der Waals surface area contributed by atoms with Crippen molar-refractivity contribution in [3.05, 3.63) is 85.0 Å². The van der Waals surface area contributed by atoms with E-state index in [2.05, 4.69) is 56.9 Å². The second-order valence-electron chi connectivity index (χ2n) is 8.47. The molecule has 3 N–H and O–H groups in total. The van der Waals surface area contributed by atoms with E-state index in [1.54, 1.807) is 6.20 Å². The molecule has 0 radical (unpaired) electrons. The highest BCUT2D eigenvalue weighted by Gasteiger charge is 2.18. The third-order valence-corrected chi connectivity index (χ3v) is 6.35. The summed E-state index contributed by atoms with van der Waals surface area (Å²) >= 11 is 0. The monoisotopic (exact) mass is 436 g/mol. The number of rotatable bonds is 7. The van der Waals surface area contributed by atoms with Crippen LogP contribution in [0.3, 0.4) is 0 Å². The Hall–Kier alpha value is -3.93. The van der Waals surface area contributed by atoms with Crippen LogP contribution in [0.15, 0.2) is 79.3 Å². The first-order chi connectivity index (χ1) is 16.2. The van der Waals surface area contributed by atoms with E-state index in [-0.39, 0.29) is 0 Å². The number of fused-ring (bicyclic) bond motifs is 2. The Morgan fingerprint density at radius 1 is 1.21 bits per heavy atom. The van der Waals surface area contributed by atoms with Gasteiger partial charge >= 0.3 is 0 Å². The Labute approximate surface area is 193 Å². The van der Waals surface area contributed by atoms with Gasteiger partial charge in [-0.3, -0.25) is 5.10 Å². The molecule has 4 aromatic rings. The van der Waals surface area contributed by atoms with Crippen molar-refractivity contribution in [3.63, 3.8) is 0 Å². The van der Waals surface area contributed by atoms with Crippen LogP contribution in [0.25, 0.3) is 39.0 Å². The third kappa shape index (κ3) is 4.12. The molecule has 166 valence electrons. The predicted octanol–water partition coefficient (Wildman–Crippen LogP) is 6.27. The van der Waals surface area contributed by atoms with Gasteiger partial charge in [-0.1, -0.05) is 32.1 Å². The molecule has 4 aromatic heterocycles. The molecule has 0 aliphatic heterocycles. The number of hydrogen-bond acceptors (Lipinski definition) is 4. The van der Waals surface area contributed by atoms with Crippen molar-refractivity contribution in [2.45, 2.75) is 32.6 Å². The van der Waals surface area contributed by atoms with Gasteiger partial charge in [-0.2, -0.15) is 5.10 Å². The SMILES string of the molecule is C=C/C(=C\C(=C/C)c1ccc2[nH]nc(-c3cc4cccnc4[nH]3)c2n1)NC(=C)C1CCCC1. The van der Waals surface area contributed by atoms with Gasteiger partial charge in [0.1, 0.15) is 16.9 Å². The van der Waals surface area contributed by atoms with Crippen LogP contribution in [0.5, 0.6) is 0 Å². The molecule has 6 heteroatoms. The molecule has 0 saturated heterocycles. The highest BCUT2D eigenvalue weighted by Crippen LogP contribution is 2.30. The summed E-state index contributed by atoms with van der Waals surface area (Å²) in [5.74, 6) is 0.538. The summed E-state index contributed by atoms with van der Waals surface area (Å²) in [5.41, 5.74) is 8.07. The lowest BCUT2D eigenvalue weighted by Crippen LogP contribution is -2.16. The largest absolute Gasteiger partial charge is 0.359 e. The number of hydrogen-bond donors (Lipinski definition) is 3. The maximum Gasteiger partial charge on any atom is 0.137 e. The van der Waals surface area contributed by atoms with Crippen LogP contribution in [0.1, 0.15) is 38.3 Å². The van der Waals surface area contributed by atoms with Crippen molar-refractivity contribution >= 4 is 27.6 Å². The summed E-state index contributed by atoms with van der Waals surface area (Å²) in [6, 6.07) is 10.0. The van der Waals surface area contributed by atoms with Gasteiger partial charge in [0, 0.05) is 23.0 Å². The van der Waals surface area contributed by atoms with Crippen LogP contribution >= 0.6 is 0 Å². The van der Waals surface area contributed by atoms with Crippen LogP contribution < -0.4 is 5.32 Å². The number of aromatic nitrogens is 5. The van der Waals surface area contributed by atoms with Crippen molar-refractivity contribution in [2.24, 2.45) is 5.92 Å². The van der Waals surface area contributed by atoms with E-state index in [4.69, 9.17) is 4.98 Å². The fourth-order valence-electron chi connectivity index (χ4n) is 4.51. The van der Waals surface area contributed by atoms with E-state index < -0.39 is 0 Å². The zero-order valence-corrected chi connectivity index (χ0v) is 18.9. The molecule has 33 heavy (non-hydrogen) atoms. The molecule has 5 rings (SSSR count). The smallest absolute Gasteiger partial charge is 0.137 e. The fraction of sp³-hybridized carbons (Fsp3) is 0.222. The molecule has 1 fully saturated rings. The van der Waals surface area contributed by atoms with Gasteiger partial charge in [0.25, 0.3) is 0 Å². The standard InChI is InChI=1S/C27H28N6/c1-4-18(15-21(5-2)29-17(3)19-9-6-7-10-19)22-12-13-23-25(30-22)26(33-32-23)24-16-20-11-8-14-28-27(20)31-24/h4-5,8,11-16,19,29H,2-3,6-7,9-10H2,1H3,(H,28,31)(H,32,33)/b18-4+,21-15+. The van der Waals surface area contributed by atoms with Crippen LogP contribution in [-0.2, 0) is 0 Å². The van der Waals surface area contributed by atoms with Crippen LogP contribution in [0.2, 0.25) is 0 Å². The van der Waals surface area contributed by atoms with Gasteiger partial charge in [-0.25, -0.2) is 9.97 Å². The Balaban J connectivity index is 1.47. The first-order valence-electron chi connectivity index (χ1n) is 11.4. The van der Waals surface area contributed by atoms with Crippen molar-refractivity contribution in [1.29, 1.82) is 0 Å². The summed E-state index contributed by atoms with van der Waals surface area (Å²) in [7, 11) is 0. The molecule has 0 unspecified atom stereocenters. The van der Waals surface area contributed by atoms with Crippen molar-refractivity contribution < 1.29 is 0 Å². The predicted molar refractivity (Wildman–Crippen MR) is 135 cm³/mol. The van der Waals surface area contributed by atoms with Gasteiger partial charge < -0.3 is 10.3 Å². The normalized spacial score (nSPS) is 15.4. The minimum Gasteiger partial charge on any atom is -0.359 e. The van der Waals surface area contributed by atoms with E-state index in [1.165, 1.54) is 25.7 Å². The summed E-state index contributed by atoms with van der Waals surface area (Å²) in [5, 5.41) is 12.1. The van der Waals surface area contributed by atoms with Gasteiger partial charge in [0.15, 0.2) is 0 Å². The molecule has 0 amide bonds. The second-order valence-corrected chi connectivity index (χ2v) is 8.47. The second kappa shape index (κ2) is 8.90. The average molecular weight is 437 g/mol. The zero-order chi connectivity index (χ0) is 22.8. The lowest BCUT2D eigenvalue weighted by atomic mass is 10.0. The van der Waals surface area contributed by atoms with E-state index in [9.17, 15) is 0 Å². The minimum absolute atomic E-state index is 0.538. The maximum absolute atomic E-state index is 4.97. The van der Waals surface area contributed by atoms with Gasteiger partial charge in [0.05, 0.1) is 16.9 Å². The lowest BCUT2D eigenvalue weighted by molar-refractivity contribution is 0.607. The van der Waals surface area contributed by atoms with Crippen LogP contribution in [-0.4, -0.2) is 25.1 Å². The topological polar surface area (TPSA) is 82.3 Å². The van der Waals surface area contributed by atoms with E-state index >= 15 is 0 Å². The Morgan fingerprint density at radius 2 is 2.06 bits per heavy atom. The molecule has 4 heterocycles. The van der Waals surface area contributed by atoms with E-state index in [0.29, 0.717) is 5.92 Å². The number of aromatic amines is 2. The van der Waals surface area contributed by atoms with Crippen molar-refractivity contribution in [3.8, 4) is 11.4 Å². The highest BCUT2D eigenvalue weighted by atomic mass is 15.1. The van der Waals surface area contributed by atoms with Gasteiger partial charge in [0.2, 0.25) is 0 Å². The Kier molecular flexibility index (Phi) is 5.65. The molecule has 0 aromatic carbocycles. The maximum atomic E-state index is 4.97. The summed E-state index contributed by atoms with van der Waals surface area (Å²) in [4.78, 5) is 12.7. The first kappa shape index (κ1) is 20.9. The zero-order valence-electron chi connectivity index (χ0n) is 18.9. The van der Waals surface area contributed by atoms with Crippen molar-refractivity contribution in [2.75, 3.05) is 0 Å². The number of allylic oxidation sites excluding steroid dienone is 5. The summed E-state index contributed by atoms with van der Waals surface area (Å²) < 4.78 is 0.